The standard InChI is InChI=1S/C38H51N3O2.C36H44ClF2N3O2.C2H6/c1-6-7-8-9-31-11-16-33(17-12-31)38(43)41(36-21-24-40(25-22-36)23-20-28(2)3)27-32-13-18-35(19-14-32)39-37(42)34-15-10-29(4)30(5)26-34;1-4-5-6-7-26-8-12-28(13-9-26)36(44)42(30-19-22-41(23-20-30)21-18-25(2)3)24-27-10-14-29(15-11-27)40-35(43)33-32(38)17-16-31(37)34(33)39;1-2/h10-19,26,28,36H,6-9,20-25,27H2,1-5H3,(H,39,42);8-17,25,30H,4-7,18-24H2,1-3H3,(H,40,43);1-2H3. The summed E-state index contributed by atoms with van der Waals surface area (Å²) in [5.74, 6) is -1.65. The van der Waals surface area contributed by atoms with Crippen LogP contribution in [0.5, 0.6) is 0 Å². The fourth-order valence-corrected chi connectivity index (χ4v) is 11.6. The van der Waals surface area contributed by atoms with Gasteiger partial charge in [0.15, 0.2) is 5.82 Å². The van der Waals surface area contributed by atoms with Crippen molar-refractivity contribution in [2.45, 2.75) is 184 Å². The van der Waals surface area contributed by atoms with E-state index in [2.05, 4.69) is 91.1 Å². The first-order chi connectivity index (χ1) is 42.9. The minimum absolute atomic E-state index is 0.00928. The van der Waals surface area contributed by atoms with Crippen LogP contribution in [0.4, 0.5) is 20.2 Å². The molecule has 6 aromatic carbocycles. The Balaban J connectivity index is 0.000000276. The molecule has 2 fully saturated rings. The number of rotatable bonds is 26. The molecule has 4 amide bonds. The van der Waals surface area contributed by atoms with Crippen molar-refractivity contribution in [3.63, 3.8) is 0 Å². The number of carbonyl (C=O) groups excluding carboxylic acids is 4. The van der Waals surface area contributed by atoms with Crippen molar-refractivity contribution in [3.8, 4) is 0 Å². The Morgan fingerprint density at radius 3 is 1.30 bits per heavy atom. The molecule has 0 spiro atoms. The van der Waals surface area contributed by atoms with Gasteiger partial charge < -0.3 is 30.2 Å². The van der Waals surface area contributed by atoms with E-state index >= 15 is 0 Å². The van der Waals surface area contributed by atoms with E-state index in [0.29, 0.717) is 41.7 Å². The predicted octanol–water partition coefficient (Wildman–Crippen LogP) is 18.2. The summed E-state index contributed by atoms with van der Waals surface area (Å²) in [5, 5.41) is 5.24. The van der Waals surface area contributed by atoms with Gasteiger partial charge in [-0.15, -0.1) is 0 Å². The van der Waals surface area contributed by atoms with Crippen molar-refractivity contribution >= 4 is 46.6 Å². The lowest BCUT2D eigenvalue weighted by Gasteiger charge is -2.39. The molecule has 0 saturated carbocycles. The van der Waals surface area contributed by atoms with Gasteiger partial charge in [-0.25, -0.2) is 8.78 Å². The second kappa shape index (κ2) is 36.8. The van der Waals surface area contributed by atoms with E-state index in [0.717, 1.165) is 131 Å². The highest BCUT2D eigenvalue weighted by atomic mass is 35.5. The van der Waals surface area contributed by atoms with E-state index in [1.807, 2.05) is 111 Å². The molecule has 0 atom stereocenters. The molecule has 10 nitrogen and oxygen atoms in total. The number of carbonyl (C=O) groups is 4. The molecule has 2 aliphatic heterocycles. The number of anilines is 2. The summed E-state index contributed by atoms with van der Waals surface area (Å²) < 4.78 is 28.5. The van der Waals surface area contributed by atoms with E-state index in [1.54, 1.807) is 12.1 Å². The molecule has 480 valence electrons. The first-order valence-corrected chi connectivity index (χ1v) is 33.5. The molecule has 0 aromatic heterocycles. The lowest BCUT2D eigenvalue weighted by molar-refractivity contribution is 0.0539. The molecule has 0 unspecified atom stereocenters. The highest BCUT2D eigenvalue weighted by Gasteiger charge is 2.31. The number of hydrogen-bond donors (Lipinski definition) is 2. The summed E-state index contributed by atoms with van der Waals surface area (Å²) in [4.78, 5) is 62.5. The maximum absolute atomic E-state index is 14.3. The van der Waals surface area contributed by atoms with Crippen molar-refractivity contribution < 1.29 is 28.0 Å². The minimum Gasteiger partial charge on any atom is -0.331 e. The van der Waals surface area contributed by atoms with Crippen molar-refractivity contribution in [1.82, 2.24) is 19.6 Å². The molecule has 89 heavy (non-hydrogen) atoms. The number of unbranched alkanes of at least 4 members (excludes halogenated alkanes) is 4. The summed E-state index contributed by atoms with van der Waals surface area (Å²) in [6.45, 7) is 28.7. The topological polar surface area (TPSA) is 105 Å². The Labute approximate surface area is 537 Å². The summed E-state index contributed by atoms with van der Waals surface area (Å²) in [5.41, 5.74) is 9.28. The van der Waals surface area contributed by atoms with Gasteiger partial charge in [-0.3, -0.25) is 19.2 Å². The molecular weight excluding hydrogens is 1130 g/mol. The van der Waals surface area contributed by atoms with Gasteiger partial charge in [-0.2, -0.15) is 0 Å². The van der Waals surface area contributed by atoms with E-state index in [1.165, 1.54) is 55.2 Å². The zero-order valence-electron chi connectivity index (χ0n) is 55.0. The van der Waals surface area contributed by atoms with Crippen LogP contribution < -0.4 is 10.6 Å². The van der Waals surface area contributed by atoms with Gasteiger partial charge in [0, 0.05) is 79.4 Å². The Morgan fingerprint density at radius 1 is 0.517 bits per heavy atom. The largest absolute Gasteiger partial charge is 0.331 e. The van der Waals surface area contributed by atoms with Gasteiger partial charge in [0.05, 0.1) is 5.02 Å². The van der Waals surface area contributed by atoms with Crippen LogP contribution in [0.25, 0.3) is 0 Å². The van der Waals surface area contributed by atoms with Crippen LogP contribution in [0.15, 0.2) is 127 Å². The number of hydrogen-bond acceptors (Lipinski definition) is 6. The number of aryl methyl sites for hydroxylation is 4. The fraction of sp³-hybridized carbons (Fsp3) is 0.474. The lowest BCUT2D eigenvalue weighted by Crippen LogP contribution is -2.47. The molecule has 2 N–H and O–H groups in total. The van der Waals surface area contributed by atoms with Crippen LogP contribution in [-0.4, -0.2) is 94.6 Å². The zero-order valence-corrected chi connectivity index (χ0v) is 55.8. The van der Waals surface area contributed by atoms with Gasteiger partial charge in [-0.1, -0.05) is 147 Å². The maximum atomic E-state index is 14.3. The van der Waals surface area contributed by atoms with Crippen LogP contribution in [0.3, 0.4) is 0 Å². The van der Waals surface area contributed by atoms with Crippen LogP contribution in [0.1, 0.15) is 207 Å². The Morgan fingerprint density at radius 2 is 0.910 bits per heavy atom. The molecule has 2 heterocycles. The molecule has 0 bridgehead atoms. The van der Waals surface area contributed by atoms with Gasteiger partial charge >= 0.3 is 0 Å². The van der Waals surface area contributed by atoms with Crippen LogP contribution in [0.2, 0.25) is 5.02 Å². The van der Waals surface area contributed by atoms with Crippen molar-refractivity contribution in [2.75, 3.05) is 49.9 Å². The normalized spacial score (nSPS) is 13.9. The quantitative estimate of drug-likeness (QED) is 0.0414. The number of nitrogens with zero attached hydrogens (tertiary/aromatic N) is 4. The highest BCUT2D eigenvalue weighted by Crippen LogP contribution is 2.28. The molecule has 0 radical (unpaired) electrons. The second-order valence-electron chi connectivity index (χ2n) is 25.0. The van der Waals surface area contributed by atoms with E-state index in [-0.39, 0.29) is 34.8 Å². The molecular formula is C76H101ClF2N6O4. The van der Waals surface area contributed by atoms with Crippen molar-refractivity contribution in [2.24, 2.45) is 11.8 Å². The number of piperidine rings is 2. The number of halogens is 3. The SMILES string of the molecule is CC.CCCCCc1ccc(C(=O)N(Cc2ccc(NC(=O)c3c(F)ccc(Cl)c3F)cc2)C2CCN(CCC(C)C)CC2)cc1.CCCCCc1ccc(C(=O)N(Cc2ccc(NC(=O)c3ccc(C)c(C)c3)cc2)C2CCN(CCC(C)C)CC2)cc1. The van der Waals surface area contributed by atoms with E-state index < -0.39 is 23.1 Å². The van der Waals surface area contributed by atoms with E-state index in [9.17, 15) is 28.0 Å². The third-order valence-electron chi connectivity index (χ3n) is 17.3. The van der Waals surface area contributed by atoms with Gasteiger partial charge in [0.25, 0.3) is 23.6 Å². The number of likely N-dealkylation sites (tertiary alicyclic amines) is 2. The predicted molar refractivity (Wildman–Crippen MR) is 364 cm³/mol. The number of amides is 4. The number of benzene rings is 6. The van der Waals surface area contributed by atoms with E-state index in [4.69, 9.17) is 11.6 Å². The van der Waals surface area contributed by atoms with Crippen LogP contribution >= 0.6 is 11.6 Å². The molecule has 0 aliphatic carbocycles. The molecule has 8 rings (SSSR count). The Kier molecular flexibility index (Phi) is 29.5. The van der Waals surface area contributed by atoms with Crippen molar-refractivity contribution in [3.05, 3.63) is 200 Å². The first-order valence-electron chi connectivity index (χ1n) is 33.1. The average molecular weight is 1240 g/mol. The highest BCUT2D eigenvalue weighted by molar-refractivity contribution is 6.31. The smallest absolute Gasteiger partial charge is 0.261 e. The van der Waals surface area contributed by atoms with Gasteiger partial charge in [-0.05, 0) is 209 Å². The van der Waals surface area contributed by atoms with Crippen molar-refractivity contribution in [1.29, 1.82) is 0 Å². The van der Waals surface area contributed by atoms with Crippen LogP contribution in [0, 0.1) is 37.3 Å². The first kappa shape index (κ1) is 71.3. The van der Waals surface area contributed by atoms with Gasteiger partial charge in [0.1, 0.15) is 11.4 Å². The fourth-order valence-electron chi connectivity index (χ4n) is 11.4. The second-order valence-corrected chi connectivity index (χ2v) is 25.4. The summed E-state index contributed by atoms with van der Waals surface area (Å²) in [6, 6.07) is 39.4. The lowest BCUT2D eigenvalue weighted by atomic mass is 9.99. The monoisotopic (exact) mass is 1230 g/mol. The summed E-state index contributed by atoms with van der Waals surface area (Å²) >= 11 is 5.75. The molecule has 6 aromatic rings. The summed E-state index contributed by atoms with van der Waals surface area (Å²) in [6.07, 6.45) is 15.4. The molecule has 13 heteroatoms. The summed E-state index contributed by atoms with van der Waals surface area (Å²) in [7, 11) is 0. The molecule has 2 aliphatic rings. The third kappa shape index (κ3) is 22.3. The Bertz CT molecular complexity index is 3140. The zero-order chi connectivity index (χ0) is 64.4. The average Bonchev–Trinajstić information content (AvgIpc) is 2.93. The minimum atomic E-state index is -1.10. The third-order valence-corrected chi connectivity index (χ3v) is 17.6. The Hall–Kier alpha value is -6.73. The molecule has 2 saturated heterocycles. The van der Waals surface area contributed by atoms with Gasteiger partial charge in [0.2, 0.25) is 0 Å². The van der Waals surface area contributed by atoms with Crippen LogP contribution in [-0.2, 0) is 25.9 Å². The maximum Gasteiger partial charge on any atom is 0.261 e. The number of nitrogens with one attached hydrogen (secondary N) is 2.